The molecule has 0 heterocycles. The molecule has 1 amide bonds. The fourth-order valence-corrected chi connectivity index (χ4v) is 6.96. The molecule has 232 valence electrons. The first-order valence-electron chi connectivity index (χ1n) is 15.2. The second-order valence-corrected chi connectivity index (χ2v) is 13.3. The summed E-state index contributed by atoms with van der Waals surface area (Å²) < 4.78 is 25.9. The van der Waals surface area contributed by atoms with Gasteiger partial charge in [0, 0.05) is 38.6 Å². The Morgan fingerprint density at radius 1 is 1.00 bits per heavy atom. The average Bonchev–Trinajstić information content (AvgIpc) is 2.88. The fraction of sp³-hybridized carbons (Fsp3) is 0.900. The maximum atomic E-state index is 12.4. The zero-order chi connectivity index (χ0) is 30.2. The van der Waals surface area contributed by atoms with Crippen LogP contribution >= 0.6 is 8.53 Å². The lowest BCUT2D eigenvalue weighted by Gasteiger charge is -2.43. The lowest BCUT2D eigenvalue weighted by molar-refractivity contribution is -0.146. The zero-order valence-electron chi connectivity index (χ0n) is 26.5. The van der Waals surface area contributed by atoms with Crippen molar-refractivity contribution in [2.75, 3.05) is 26.4 Å². The van der Waals surface area contributed by atoms with Crippen LogP contribution in [0.5, 0.6) is 0 Å². The van der Waals surface area contributed by atoms with Crippen LogP contribution in [-0.2, 0) is 28.1 Å². The molecule has 0 spiro atoms. The third-order valence-electron chi connectivity index (χ3n) is 7.92. The highest BCUT2D eigenvalue weighted by molar-refractivity contribution is 7.44. The molecule has 0 radical (unpaired) electrons. The van der Waals surface area contributed by atoms with Crippen LogP contribution in [0.2, 0.25) is 0 Å². The van der Waals surface area contributed by atoms with Crippen molar-refractivity contribution in [2.24, 2.45) is 23.7 Å². The number of carbonyl (C=O) groups is 2. The predicted molar refractivity (Wildman–Crippen MR) is 159 cm³/mol. The first-order valence-corrected chi connectivity index (χ1v) is 16.3. The number of carbonyl (C=O) groups excluding carboxylic acids is 2. The molecular weight excluding hydrogens is 529 g/mol. The van der Waals surface area contributed by atoms with Gasteiger partial charge in [-0.05, 0) is 77.6 Å². The van der Waals surface area contributed by atoms with Gasteiger partial charge in [-0.2, -0.15) is 5.26 Å². The molecule has 1 N–H and O–H groups in total. The molecule has 1 saturated carbocycles. The summed E-state index contributed by atoms with van der Waals surface area (Å²) >= 11 is 0. The van der Waals surface area contributed by atoms with Gasteiger partial charge in [0.1, 0.15) is 0 Å². The Balaban J connectivity index is 2.35. The number of rotatable bonds is 19. The SMILES string of the molecule is CC(=O)OCC1C[C@@H](OCCCCCC(=O)NCC(C)OP(OCCC#N)N(C(C)C)C(C)C)C(C)[C@@H](C)[C@H]1C. The minimum Gasteiger partial charge on any atom is -0.466 e. The first-order chi connectivity index (χ1) is 18.9. The molecule has 7 atom stereocenters. The maximum absolute atomic E-state index is 12.4. The Morgan fingerprint density at radius 3 is 2.27 bits per heavy atom. The summed E-state index contributed by atoms with van der Waals surface area (Å²) in [6, 6.07) is 2.57. The van der Waals surface area contributed by atoms with E-state index in [1.165, 1.54) is 6.92 Å². The van der Waals surface area contributed by atoms with Crippen molar-refractivity contribution in [3.8, 4) is 6.07 Å². The van der Waals surface area contributed by atoms with Gasteiger partial charge in [0.15, 0.2) is 0 Å². The molecule has 40 heavy (non-hydrogen) atoms. The van der Waals surface area contributed by atoms with Crippen LogP contribution in [0.25, 0.3) is 0 Å². The Morgan fingerprint density at radius 2 is 1.68 bits per heavy atom. The molecule has 9 nitrogen and oxygen atoms in total. The van der Waals surface area contributed by atoms with E-state index in [9.17, 15) is 9.59 Å². The lowest BCUT2D eigenvalue weighted by atomic mass is 9.67. The number of hydrogen-bond acceptors (Lipinski definition) is 8. The number of nitrogens with zero attached hydrogens (tertiary/aromatic N) is 2. The molecular formula is C30H56N3O6P. The van der Waals surface area contributed by atoms with E-state index < -0.39 is 8.53 Å². The van der Waals surface area contributed by atoms with Crippen molar-refractivity contribution < 1.29 is 28.1 Å². The minimum absolute atomic E-state index is 0.0210. The summed E-state index contributed by atoms with van der Waals surface area (Å²) in [5.41, 5.74) is 0. The third-order valence-corrected chi connectivity index (χ3v) is 10.2. The van der Waals surface area contributed by atoms with Crippen molar-refractivity contribution in [2.45, 2.75) is 125 Å². The summed E-state index contributed by atoms with van der Waals surface area (Å²) in [5, 5.41) is 11.9. The van der Waals surface area contributed by atoms with Gasteiger partial charge in [0.05, 0.1) is 37.9 Å². The molecule has 0 aromatic heterocycles. The summed E-state index contributed by atoms with van der Waals surface area (Å²) in [6.45, 7) is 20.5. The molecule has 1 rings (SSSR count). The highest BCUT2D eigenvalue weighted by atomic mass is 31.2. The molecule has 10 heteroatoms. The first kappa shape index (κ1) is 36.7. The van der Waals surface area contributed by atoms with Gasteiger partial charge < -0.3 is 23.8 Å². The molecule has 0 aliphatic heterocycles. The predicted octanol–water partition coefficient (Wildman–Crippen LogP) is 6.22. The molecule has 0 aromatic rings. The van der Waals surface area contributed by atoms with Crippen molar-refractivity contribution >= 4 is 20.4 Å². The van der Waals surface area contributed by atoms with Crippen LogP contribution in [-0.4, -0.2) is 67.2 Å². The monoisotopic (exact) mass is 585 g/mol. The van der Waals surface area contributed by atoms with Gasteiger partial charge in [-0.15, -0.1) is 0 Å². The molecule has 4 unspecified atom stereocenters. The number of ether oxygens (including phenoxy) is 2. The average molecular weight is 586 g/mol. The fourth-order valence-electron chi connectivity index (χ4n) is 5.27. The maximum Gasteiger partial charge on any atom is 0.302 e. The van der Waals surface area contributed by atoms with Crippen LogP contribution in [0.3, 0.4) is 0 Å². The molecule has 0 saturated heterocycles. The molecule has 1 aliphatic carbocycles. The van der Waals surface area contributed by atoms with E-state index in [-0.39, 0.29) is 36.2 Å². The van der Waals surface area contributed by atoms with Crippen LogP contribution in [0.4, 0.5) is 0 Å². The number of nitriles is 1. The van der Waals surface area contributed by atoms with Gasteiger partial charge in [-0.1, -0.05) is 27.2 Å². The van der Waals surface area contributed by atoms with Crippen molar-refractivity contribution in [1.82, 2.24) is 9.99 Å². The van der Waals surface area contributed by atoms with Crippen LogP contribution in [0.1, 0.15) is 101 Å². The summed E-state index contributed by atoms with van der Waals surface area (Å²) in [5.74, 6) is 1.59. The molecule has 1 aliphatic rings. The molecule has 0 bridgehead atoms. The third kappa shape index (κ3) is 13.6. The lowest BCUT2D eigenvalue weighted by Crippen LogP contribution is -2.42. The van der Waals surface area contributed by atoms with Crippen LogP contribution in [0, 0.1) is 35.0 Å². The normalized spacial score (nSPS) is 24.6. The molecule has 1 fully saturated rings. The number of nitrogens with one attached hydrogen (secondary N) is 1. The topological polar surface area (TPSA) is 110 Å². The van der Waals surface area contributed by atoms with Crippen molar-refractivity contribution in [3.63, 3.8) is 0 Å². The Hall–Kier alpha value is -1.30. The van der Waals surface area contributed by atoms with Gasteiger partial charge in [0.25, 0.3) is 8.53 Å². The second-order valence-electron chi connectivity index (χ2n) is 11.9. The van der Waals surface area contributed by atoms with E-state index in [1.54, 1.807) is 0 Å². The summed E-state index contributed by atoms with van der Waals surface area (Å²) in [6.07, 6.45) is 4.33. The van der Waals surface area contributed by atoms with Gasteiger partial charge >= 0.3 is 5.97 Å². The van der Waals surface area contributed by atoms with E-state index in [0.717, 1.165) is 25.7 Å². The largest absolute Gasteiger partial charge is 0.466 e. The number of unbranched alkanes of at least 4 members (excludes halogenated alkanes) is 2. The number of amides is 1. The van der Waals surface area contributed by atoms with E-state index in [0.29, 0.717) is 62.9 Å². The second kappa shape index (κ2) is 19.8. The number of hydrogen-bond donors (Lipinski definition) is 1. The van der Waals surface area contributed by atoms with Gasteiger partial charge in [-0.25, -0.2) is 4.67 Å². The molecule has 0 aromatic carbocycles. The quantitative estimate of drug-likeness (QED) is 0.108. The standard InChI is InChI=1S/C30H56N3O6P/c1-21(2)33(22(3)4)40(38-17-13-15-31)39-23(5)19-32-30(35)14-11-10-12-16-36-29-18-28(20-37-27(9)34)25(7)24(6)26(29)8/h21-26,28-29H,10-14,16-20H2,1-9H3,(H,32,35)/t23?,24-,25+,26?,28?,29+,40?/m0/s1. The number of esters is 1. The van der Waals surface area contributed by atoms with Crippen LogP contribution in [0.15, 0.2) is 0 Å². The van der Waals surface area contributed by atoms with Crippen LogP contribution < -0.4 is 5.32 Å². The Kier molecular flexibility index (Phi) is 18.1. The Bertz CT molecular complexity index is 769. The van der Waals surface area contributed by atoms with Gasteiger partial charge in [0.2, 0.25) is 5.91 Å². The Labute approximate surface area is 245 Å². The summed E-state index contributed by atoms with van der Waals surface area (Å²) in [7, 11) is -1.33. The van der Waals surface area contributed by atoms with E-state index >= 15 is 0 Å². The van der Waals surface area contributed by atoms with E-state index in [2.05, 4.69) is 64.5 Å². The minimum atomic E-state index is -1.33. The highest BCUT2D eigenvalue weighted by Gasteiger charge is 2.39. The van der Waals surface area contributed by atoms with E-state index in [4.69, 9.17) is 23.8 Å². The van der Waals surface area contributed by atoms with Crippen molar-refractivity contribution in [3.05, 3.63) is 0 Å². The smallest absolute Gasteiger partial charge is 0.302 e. The highest BCUT2D eigenvalue weighted by Crippen LogP contribution is 2.47. The summed E-state index contributed by atoms with van der Waals surface area (Å²) in [4.78, 5) is 23.7. The van der Waals surface area contributed by atoms with E-state index in [1.807, 2.05) is 6.92 Å². The zero-order valence-corrected chi connectivity index (χ0v) is 27.4. The van der Waals surface area contributed by atoms with Crippen molar-refractivity contribution in [1.29, 1.82) is 5.26 Å². The van der Waals surface area contributed by atoms with Gasteiger partial charge in [-0.3, -0.25) is 9.59 Å².